The molecule has 1 aromatic heterocycles. The van der Waals surface area contributed by atoms with Crippen LogP contribution in [-0.4, -0.2) is 52.1 Å². The lowest BCUT2D eigenvalue weighted by molar-refractivity contribution is -0.137. The minimum absolute atomic E-state index is 0.00458. The molecule has 5 aromatic rings. The van der Waals surface area contributed by atoms with Crippen LogP contribution in [0.1, 0.15) is 52.6 Å². The van der Waals surface area contributed by atoms with Crippen LogP contribution in [0.3, 0.4) is 0 Å². The second kappa shape index (κ2) is 16.7. The normalized spacial score (nSPS) is 14.0. The highest BCUT2D eigenvalue weighted by atomic mass is 35.5. The van der Waals surface area contributed by atoms with Crippen LogP contribution >= 0.6 is 46.4 Å². The van der Waals surface area contributed by atoms with Crippen LogP contribution in [0.5, 0.6) is 0 Å². The van der Waals surface area contributed by atoms with Crippen LogP contribution in [0.4, 0.5) is 5.69 Å². The van der Waals surface area contributed by atoms with Crippen molar-refractivity contribution in [1.82, 2.24) is 4.57 Å². The van der Waals surface area contributed by atoms with Gasteiger partial charge in [-0.25, -0.2) is 0 Å². The Hall–Kier alpha value is -3.85. The fourth-order valence-corrected chi connectivity index (χ4v) is 6.96. The number of anilines is 1. The first-order chi connectivity index (χ1) is 23.6. The van der Waals surface area contributed by atoms with Gasteiger partial charge in [-0.15, -0.1) is 0 Å². The van der Waals surface area contributed by atoms with Crippen molar-refractivity contribution in [3.8, 4) is 0 Å². The van der Waals surface area contributed by atoms with Gasteiger partial charge in [0.25, 0.3) is 0 Å². The van der Waals surface area contributed by atoms with E-state index in [-0.39, 0.29) is 31.3 Å². The van der Waals surface area contributed by atoms with E-state index < -0.39 is 17.9 Å². The second-order valence-electron chi connectivity index (χ2n) is 11.8. The van der Waals surface area contributed by atoms with Gasteiger partial charge >= 0.3 is 5.97 Å². The molecule has 1 aliphatic heterocycles. The number of halogens is 4. The fourth-order valence-electron chi connectivity index (χ4n) is 6.34. The van der Waals surface area contributed by atoms with Crippen molar-refractivity contribution in [1.29, 1.82) is 0 Å². The molecule has 0 spiro atoms. The Kier molecular flexibility index (Phi) is 12.4. The molecule has 4 aromatic carbocycles. The van der Waals surface area contributed by atoms with Gasteiger partial charge in [-0.05, 0) is 77.9 Å². The lowest BCUT2D eigenvalue weighted by Gasteiger charge is -2.32. The number of rotatable bonds is 11. The zero-order valence-corrected chi connectivity index (χ0v) is 29.3. The summed E-state index contributed by atoms with van der Waals surface area (Å²) in [4.78, 5) is 38.1. The molecule has 0 aliphatic carbocycles. The number of aliphatic carboxylic acids is 1. The Morgan fingerprint density at radius 1 is 0.796 bits per heavy atom. The summed E-state index contributed by atoms with van der Waals surface area (Å²) in [6, 6.07) is 27.3. The third-order valence-corrected chi connectivity index (χ3v) is 10.3. The number of aromatic nitrogens is 1. The molecule has 2 N–H and O–H groups in total. The maximum atomic E-state index is 12.8. The number of nitrogens with zero attached hydrogens (tertiary/aromatic N) is 2. The summed E-state index contributed by atoms with van der Waals surface area (Å²) in [7, 11) is 0. The van der Waals surface area contributed by atoms with Gasteiger partial charge in [-0.2, -0.15) is 0 Å². The fraction of sp³-hybridized carbons (Fsp3) is 0.237. The molecule has 0 radical (unpaired) electrons. The minimum Gasteiger partial charge on any atom is -0.481 e. The molecule has 3 atom stereocenters. The largest absolute Gasteiger partial charge is 0.481 e. The average molecular weight is 741 g/mol. The number of fused-ring (bicyclic) bond motifs is 2. The van der Waals surface area contributed by atoms with E-state index >= 15 is 0 Å². The first kappa shape index (κ1) is 36.4. The number of carbonyl (C=O) groups is 3. The van der Waals surface area contributed by atoms with Gasteiger partial charge in [0.05, 0.1) is 38.1 Å². The van der Waals surface area contributed by atoms with Gasteiger partial charge in [0, 0.05) is 42.8 Å². The number of benzene rings is 4. The molecule has 3 unspecified atom stereocenters. The lowest BCUT2D eigenvalue weighted by Crippen LogP contribution is -2.40. The van der Waals surface area contributed by atoms with Crippen LogP contribution in [0.15, 0.2) is 97.2 Å². The molecule has 2 heterocycles. The predicted octanol–water partition coefficient (Wildman–Crippen LogP) is 9.33. The van der Waals surface area contributed by atoms with Gasteiger partial charge in [-0.1, -0.05) is 94.9 Å². The molecule has 0 saturated carbocycles. The Bertz CT molecular complexity index is 1960. The van der Waals surface area contributed by atoms with Gasteiger partial charge < -0.3 is 19.9 Å². The highest BCUT2D eigenvalue weighted by Gasteiger charge is 2.34. The van der Waals surface area contributed by atoms with Crippen LogP contribution < -0.4 is 4.90 Å². The Balaban J connectivity index is 0.000000191. The number of carbonyl (C=O) groups excluding carboxylic acids is 2. The van der Waals surface area contributed by atoms with Crippen LogP contribution in [0, 0.1) is 0 Å². The zero-order valence-electron chi connectivity index (χ0n) is 26.3. The molecule has 7 nitrogen and oxygen atoms in total. The molecule has 0 bridgehead atoms. The van der Waals surface area contributed by atoms with E-state index in [0.717, 1.165) is 40.4 Å². The number of hydrogen-bond acceptors (Lipinski definition) is 5. The molecule has 0 saturated heterocycles. The van der Waals surface area contributed by atoms with E-state index in [4.69, 9.17) is 46.4 Å². The Morgan fingerprint density at radius 3 is 2.12 bits per heavy atom. The lowest BCUT2D eigenvalue weighted by atomic mass is 9.88. The summed E-state index contributed by atoms with van der Waals surface area (Å²) in [6.07, 6.45) is 4.07. The zero-order chi connectivity index (χ0) is 35.1. The van der Waals surface area contributed by atoms with Gasteiger partial charge in [0.2, 0.25) is 5.91 Å². The Morgan fingerprint density at radius 2 is 1.45 bits per heavy atom. The number of hydrogen-bond donors (Lipinski definition) is 2. The summed E-state index contributed by atoms with van der Waals surface area (Å²) in [5, 5.41) is 21.4. The van der Waals surface area contributed by atoms with Gasteiger partial charge in [0.1, 0.15) is 6.29 Å². The van der Waals surface area contributed by atoms with E-state index in [0.29, 0.717) is 38.6 Å². The molecule has 11 heteroatoms. The smallest absolute Gasteiger partial charge is 0.304 e. The predicted molar refractivity (Wildman–Crippen MR) is 197 cm³/mol. The number of aliphatic hydroxyl groups excluding tert-OH is 1. The molecule has 1 aliphatic rings. The standard InChI is InChI=1S/C19H17Cl2NO3.C19H17Cl2NO2/c20-15-6-5-13(9-16(15)21)14(10-19(24)25)18(11-23)22-8-7-12-3-1-2-4-17(12)22;20-16-6-5-14(11-17(16)21)15(8-10-23)12-19(24)22-9-7-13-3-1-2-4-18(13)22/h1-6,9,11,14,18H,7-8,10H2,(H,24,25);1-7,9,11,15,23H,8,10,12H2. The van der Waals surface area contributed by atoms with Crippen molar-refractivity contribution in [3.05, 3.63) is 134 Å². The molecular weight excluding hydrogens is 706 g/mol. The topological polar surface area (TPSA) is 99.8 Å². The molecule has 6 rings (SSSR count). The van der Waals surface area contributed by atoms with Crippen molar-refractivity contribution in [3.63, 3.8) is 0 Å². The van der Waals surface area contributed by atoms with E-state index in [1.54, 1.807) is 41.1 Å². The van der Waals surface area contributed by atoms with E-state index in [2.05, 4.69) is 0 Å². The second-order valence-corrected chi connectivity index (χ2v) is 13.4. The molecule has 49 heavy (non-hydrogen) atoms. The molecule has 0 amide bonds. The van der Waals surface area contributed by atoms with Crippen molar-refractivity contribution >= 4 is 81.2 Å². The Labute approximate surface area is 304 Å². The molecular formula is C38H34Cl4N2O5. The number of para-hydroxylation sites is 2. The quantitative estimate of drug-likeness (QED) is 0.131. The number of aldehydes is 1. The average Bonchev–Trinajstić information content (AvgIpc) is 3.72. The van der Waals surface area contributed by atoms with E-state index in [9.17, 15) is 24.6 Å². The summed E-state index contributed by atoms with van der Waals surface area (Å²) >= 11 is 24.1. The highest BCUT2D eigenvalue weighted by Crippen LogP contribution is 2.37. The number of aliphatic hydroxyl groups is 1. The van der Waals surface area contributed by atoms with Crippen molar-refractivity contribution in [2.45, 2.75) is 43.6 Å². The van der Waals surface area contributed by atoms with Crippen LogP contribution in [0.25, 0.3) is 10.9 Å². The first-order valence-electron chi connectivity index (χ1n) is 15.7. The van der Waals surface area contributed by atoms with E-state index in [1.165, 1.54) is 0 Å². The maximum Gasteiger partial charge on any atom is 0.304 e. The summed E-state index contributed by atoms with van der Waals surface area (Å²) in [5.41, 5.74) is 4.63. The van der Waals surface area contributed by atoms with Crippen LogP contribution in [0.2, 0.25) is 20.1 Å². The van der Waals surface area contributed by atoms with Crippen molar-refractivity contribution in [2.24, 2.45) is 0 Å². The summed E-state index contributed by atoms with van der Waals surface area (Å²) < 4.78 is 1.66. The van der Waals surface area contributed by atoms with E-state index in [1.807, 2.05) is 65.6 Å². The maximum absolute atomic E-state index is 12.8. The first-order valence-corrected chi connectivity index (χ1v) is 17.2. The molecule has 0 fully saturated rings. The van der Waals surface area contributed by atoms with Gasteiger partial charge in [0.15, 0.2) is 0 Å². The van der Waals surface area contributed by atoms with Crippen LogP contribution in [-0.2, 0) is 16.0 Å². The minimum atomic E-state index is -0.963. The number of carboxylic acid groups (broad SMARTS) is 1. The summed E-state index contributed by atoms with van der Waals surface area (Å²) in [5.74, 6) is -1.61. The monoisotopic (exact) mass is 738 g/mol. The number of carboxylic acids is 1. The molecule has 254 valence electrons. The summed E-state index contributed by atoms with van der Waals surface area (Å²) in [6.45, 7) is 0.685. The van der Waals surface area contributed by atoms with Gasteiger partial charge in [-0.3, -0.25) is 14.2 Å². The van der Waals surface area contributed by atoms with Crippen molar-refractivity contribution in [2.75, 3.05) is 18.1 Å². The van der Waals surface area contributed by atoms with Crippen molar-refractivity contribution < 1.29 is 24.6 Å². The third kappa shape index (κ3) is 8.66. The SMILES string of the molecule is O=C(CC(CCO)c1ccc(Cl)c(Cl)c1)n1ccc2ccccc21.O=CC(C(CC(=O)O)c1ccc(Cl)c(Cl)c1)N1CCc2ccccc21. The highest BCUT2D eigenvalue weighted by molar-refractivity contribution is 6.42. The third-order valence-electron chi connectivity index (χ3n) is 8.78.